The van der Waals surface area contributed by atoms with Gasteiger partial charge in [0, 0.05) is 30.7 Å². The van der Waals surface area contributed by atoms with E-state index in [1.54, 1.807) is 6.21 Å². The number of alkyl carbamates (subject to hydrolysis) is 1. The summed E-state index contributed by atoms with van der Waals surface area (Å²) >= 11 is 0. The minimum atomic E-state index is -0.359. The summed E-state index contributed by atoms with van der Waals surface area (Å²) in [6, 6.07) is 4.98. The lowest BCUT2D eigenvalue weighted by atomic mass is 9.79. The van der Waals surface area contributed by atoms with Crippen molar-refractivity contribution in [1.82, 2.24) is 10.3 Å². The Bertz CT molecular complexity index is 1160. The van der Waals surface area contributed by atoms with Crippen LogP contribution < -0.4 is 10.6 Å². The largest absolute Gasteiger partial charge is 0.453 e. The van der Waals surface area contributed by atoms with Gasteiger partial charge in [0.05, 0.1) is 24.4 Å². The molecule has 2 saturated carbocycles. The smallest absolute Gasteiger partial charge is 0.406 e. The number of rotatable bonds is 6. The first kappa shape index (κ1) is 25.3. The van der Waals surface area contributed by atoms with E-state index in [9.17, 15) is 10.1 Å². The molecule has 1 aromatic rings. The number of aromatic nitrogens is 1. The van der Waals surface area contributed by atoms with Crippen molar-refractivity contribution in [3.63, 3.8) is 0 Å². The molecule has 0 saturated heterocycles. The Labute approximate surface area is 219 Å². The lowest BCUT2D eigenvalue weighted by Crippen LogP contribution is -2.42. The summed E-state index contributed by atoms with van der Waals surface area (Å²) in [4.78, 5) is 21.0. The normalized spacial score (nSPS) is 25.6. The van der Waals surface area contributed by atoms with Crippen molar-refractivity contribution in [2.75, 3.05) is 19.0 Å². The number of pyridine rings is 1. The Hall–Kier alpha value is -3.40. The number of ether oxygens (including phenoxy) is 1. The van der Waals surface area contributed by atoms with E-state index in [1.807, 2.05) is 6.08 Å². The van der Waals surface area contributed by atoms with Crippen LogP contribution in [0.2, 0.25) is 0 Å². The molecule has 1 aromatic heterocycles. The highest BCUT2D eigenvalue weighted by atomic mass is 16.5. The third-order valence-electron chi connectivity index (χ3n) is 8.27. The fourth-order valence-corrected chi connectivity index (χ4v) is 6.04. The fourth-order valence-electron chi connectivity index (χ4n) is 6.04. The van der Waals surface area contributed by atoms with E-state index in [4.69, 9.17) is 9.72 Å². The zero-order valence-corrected chi connectivity index (χ0v) is 21.7. The molecule has 0 aromatic carbocycles. The number of anilines is 1. The predicted octanol–water partition coefficient (Wildman–Crippen LogP) is 6.07. The van der Waals surface area contributed by atoms with Gasteiger partial charge in [-0.25, -0.2) is 4.79 Å². The topological polar surface area (TPSA) is 99.4 Å². The SMILES string of the molecule is COC(=O)NCC1CC(Nc2cc(C3=CC=C4C=C(C#N)C=NC4CC3)ncc2C2CCCCCC2)C1. The number of allylic oxidation sites excluding steroid dienone is 4. The van der Waals surface area contributed by atoms with Crippen LogP contribution in [0.15, 0.2) is 46.6 Å². The van der Waals surface area contributed by atoms with E-state index in [-0.39, 0.29) is 12.1 Å². The van der Waals surface area contributed by atoms with Gasteiger partial charge in [0.25, 0.3) is 0 Å². The van der Waals surface area contributed by atoms with Crippen LogP contribution in [0.1, 0.15) is 81.4 Å². The number of nitrogens with zero attached hydrogens (tertiary/aromatic N) is 3. The minimum absolute atomic E-state index is 0.110. The highest BCUT2D eigenvalue weighted by Crippen LogP contribution is 2.39. The third kappa shape index (κ3) is 6.12. The fraction of sp³-hybridized carbons (Fsp3) is 0.533. The molecule has 1 unspecified atom stereocenters. The minimum Gasteiger partial charge on any atom is -0.453 e. The van der Waals surface area contributed by atoms with Gasteiger partial charge in [0.1, 0.15) is 6.07 Å². The molecule has 3 aliphatic carbocycles. The molecular weight excluding hydrogens is 462 g/mol. The van der Waals surface area contributed by atoms with E-state index in [2.05, 4.69) is 46.1 Å². The summed E-state index contributed by atoms with van der Waals surface area (Å²) in [7, 11) is 1.40. The average molecular weight is 500 g/mol. The molecule has 0 spiro atoms. The van der Waals surface area contributed by atoms with Crippen molar-refractivity contribution in [2.24, 2.45) is 10.9 Å². The second kappa shape index (κ2) is 11.8. The number of carbonyl (C=O) groups excluding carboxylic acids is 1. The highest BCUT2D eigenvalue weighted by molar-refractivity contribution is 5.86. The zero-order chi connectivity index (χ0) is 25.6. The van der Waals surface area contributed by atoms with E-state index in [0.717, 1.165) is 37.0 Å². The van der Waals surface area contributed by atoms with Crippen molar-refractivity contribution in [3.8, 4) is 6.07 Å². The van der Waals surface area contributed by atoms with Gasteiger partial charge in [-0.15, -0.1) is 0 Å². The number of nitriles is 1. The average Bonchev–Trinajstić information content (AvgIpc) is 3.30. The molecule has 1 atom stereocenters. The number of amides is 1. The molecule has 2 N–H and O–H groups in total. The second-order valence-electron chi connectivity index (χ2n) is 10.8. The molecule has 2 fully saturated rings. The van der Waals surface area contributed by atoms with Crippen LogP contribution in [0.3, 0.4) is 0 Å². The van der Waals surface area contributed by atoms with E-state index in [1.165, 1.54) is 62.5 Å². The molecule has 5 rings (SSSR count). The number of methoxy groups -OCH3 is 1. The number of nitrogens with one attached hydrogen (secondary N) is 2. The maximum Gasteiger partial charge on any atom is 0.406 e. The Morgan fingerprint density at radius 3 is 2.73 bits per heavy atom. The molecular formula is C30H37N5O2. The number of fused-ring (bicyclic) bond motifs is 1. The monoisotopic (exact) mass is 499 g/mol. The van der Waals surface area contributed by atoms with Crippen molar-refractivity contribution in [1.29, 1.82) is 5.26 Å². The maximum absolute atomic E-state index is 11.4. The molecule has 7 heteroatoms. The number of carbonyl (C=O) groups is 1. The maximum atomic E-state index is 11.4. The molecule has 4 aliphatic rings. The summed E-state index contributed by atoms with van der Waals surface area (Å²) in [6.07, 6.45) is 21.3. The summed E-state index contributed by atoms with van der Waals surface area (Å²) < 4.78 is 4.70. The predicted molar refractivity (Wildman–Crippen MR) is 146 cm³/mol. The molecule has 194 valence electrons. The Balaban J connectivity index is 1.34. The Morgan fingerprint density at radius 1 is 1.16 bits per heavy atom. The van der Waals surface area contributed by atoms with Crippen molar-refractivity contribution < 1.29 is 9.53 Å². The standard InChI is InChI=1S/C30H37N5O2/c1-37-30(36)34-17-20-13-25(14-20)35-29-15-28(33-19-26(29)22-6-4-2-3-5-7-22)23-8-9-24-12-21(16-31)18-32-27(24)11-10-23/h8-9,12,15,18-20,22,25,27H,2-7,10-11,13-14,17H2,1H3,(H,33,35)(H,34,36). The van der Waals surface area contributed by atoms with Crippen LogP contribution in [-0.4, -0.2) is 43.0 Å². The third-order valence-corrected chi connectivity index (χ3v) is 8.27. The van der Waals surface area contributed by atoms with Gasteiger partial charge in [-0.2, -0.15) is 5.26 Å². The number of hydrogen-bond acceptors (Lipinski definition) is 6. The van der Waals surface area contributed by atoms with E-state index >= 15 is 0 Å². The molecule has 0 radical (unpaired) electrons. The zero-order valence-electron chi connectivity index (χ0n) is 21.7. The summed E-state index contributed by atoms with van der Waals surface area (Å²) in [6.45, 7) is 0.662. The molecule has 0 bridgehead atoms. The van der Waals surface area contributed by atoms with Crippen LogP contribution in [0.4, 0.5) is 10.5 Å². The molecule has 7 nitrogen and oxygen atoms in total. The van der Waals surface area contributed by atoms with Crippen molar-refractivity contribution >= 4 is 23.6 Å². The van der Waals surface area contributed by atoms with Crippen LogP contribution >= 0.6 is 0 Å². The van der Waals surface area contributed by atoms with Crippen LogP contribution in [0, 0.1) is 17.2 Å². The quantitative estimate of drug-likeness (QED) is 0.463. The lowest BCUT2D eigenvalue weighted by Gasteiger charge is -2.37. The van der Waals surface area contributed by atoms with Gasteiger partial charge in [0.15, 0.2) is 0 Å². The Morgan fingerprint density at radius 2 is 1.97 bits per heavy atom. The molecule has 37 heavy (non-hydrogen) atoms. The van der Waals surface area contributed by atoms with E-state index in [0.29, 0.717) is 30.0 Å². The summed E-state index contributed by atoms with van der Waals surface area (Å²) in [5.74, 6) is 1.03. The highest BCUT2D eigenvalue weighted by Gasteiger charge is 2.31. The first-order valence-corrected chi connectivity index (χ1v) is 13.8. The van der Waals surface area contributed by atoms with Gasteiger partial charge in [-0.3, -0.25) is 9.98 Å². The van der Waals surface area contributed by atoms with Gasteiger partial charge in [-0.1, -0.05) is 37.8 Å². The van der Waals surface area contributed by atoms with Gasteiger partial charge < -0.3 is 15.4 Å². The van der Waals surface area contributed by atoms with E-state index < -0.39 is 0 Å². The first-order valence-electron chi connectivity index (χ1n) is 13.8. The molecule has 1 amide bonds. The van der Waals surface area contributed by atoms with Crippen molar-refractivity contribution in [3.05, 3.63) is 52.9 Å². The number of dihydropyridines is 1. The summed E-state index contributed by atoms with van der Waals surface area (Å²) in [5.41, 5.74) is 6.52. The number of hydrogen-bond donors (Lipinski definition) is 2. The number of aliphatic imine (C=N–C) groups is 1. The molecule has 2 heterocycles. The van der Waals surface area contributed by atoms with Crippen LogP contribution in [-0.2, 0) is 4.74 Å². The van der Waals surface area contributed by atoms with Crippen LogP contribution in [0.25, 0.3) is 5.57 Å². The van der Waals surface area contributed by atoms with Crippen LogP contribution in [0.5, 0.6) is 0 Å². The molecule has 1 aliphatic heterocycles. The van der Waals surface area contributed by atoms with Crippen molar-refractivity contribution in [2.45, 2.75) is 82.2 Å². The van der Waals surface area contributed by atoms with Gasteiger partial charge in [-0.05, 0) is 79.2 Å². The first-order chi connectivity index (χ1) is 18.1. The van der Waals surface area contributed by atoms with Gasteiger partial charge in [0.2, 0.25) is 0 Å². The Kier molecular flexibility index (Phi) is 8.03. The van der Waals surface area contributed by atoms with Gasteiger partial charge >= 0.3 is 6.09 Å². The lowest BCUT2D eigenvalue weighted by molar-refractivity contribution is 0.164. The second-order valence-corrected chi connectivity index (χ2v) is 10.8. The summed E-state index contributed by atoms with van der Waals surface area (Å²) in [5, 5.41) is 15.9.